The Labute approximate surface area is 97.6 Å². The van der Waals surface area contributed by atoms with Gasteiger partial charge in [-0.05, 0) is 24.8 Å². The molecule has 1 aliphatic carbocycles. The van der Waals surface area contributed by atoms with Gasteiger partial charge < -0.3 is 10.5 Å². The van der Waals surface area contributed by atoms with Gasteiger partial charge >= 0.3 is 5.97 Å². The van der Waals surface area contributed by atoms with E-state index in [1.54, 1.807) is 0 Å². The van der Waals surface area contributed by atoms with Gasteiger partial charge in [-0.1, -0.05) is 6.42 Å². The molecule has 1 aromatic rings. The van der Waals surface area contributed by atoms with Crippen LogP contribution in [0.5, 0.6) is 0 Å². The molecule has 0 aliphatic heterocycles. The largest absolute Gasteiger partial charge is 0.462 e. The molecular formula is C12H13F2NO2. The van der Waals surface area contributed by atoms with Crippen molar-refractivity contribution in [2.24, 2.45) is 5.92 Å². The van der Waals surface area contributed by atoms with Crippen LogP contribution in [0.1, 0.15) is 29.6 Å². The van der Waals surface area contributed by atoms with Crippen molar-refractivity contribution >= 4 is 11.7 Å². The van der Waals surface area contributed by atoms with Crippen LogP contribution in [0.15, 0.2) is 12.1 Å². The van der Waals surface area contributed by atoms with Crippen molar-refractivity contribution in [2.45, 2.75) is 19.3 Å². The fourth-order valence-corrected chi connectivity index (χ4v) is 1.65. The minimum Gasteiger partial charge on any atom is -0.462 e. The number of hydrogen-bond acceptors (Lipinski definition) is 3. The lowest BCUT2D eigenvalue weighted by molar-refractivity contribution is 0.0366. The summed E-state index contributed by atoms with van der Waals surface area (Å²) in [5.41, 5.74) is 4.69. The molecule has 1 saturated carbocycles. The van der Waals surface area contributed by atoms with Gasteiger partial charge in [-0.15, -0.1) is 0 Å². The molecule has 3 nitrogen and oxygen atoms in total. The quantitative estimate of drug-likeness (QED) is 0.653. The summed E-state index contributed by atoms with van der Waals surface area (Å²) in [6, 6.07) is 1.56. The molecule has 0 unspecified atom stereocenters. The van der Waals surface area contributed by atoms with E-state index in [9.17, 15) is 13.6 Å². The number of hydrogen-bond donors (Lipinski definition) is 1. The third-order valence-electron chi connectivity index (χ3n) is 2.98. The molecule has 0 bridgehead atoms. The van der Waals surface area contributed by atoms with Crippen molar-refractivity contribution in [2.75, 3.05) is 12.3 Å². The molecule has 0 radical (unpaired) electrons. The van der Waals surface area contributed by atoms with Crippen LogP contribution in [0.4, 0.5) is 14.5 Å². The molecule has 0 aromatic heterocycles. The highest BCUT2D eigenvalue weighted by molar-refractivity contribution is 5.90. The van der Waals surface area contributed by atoms with E-state index in [4.69, 9.17) is 10.5 Å². The van der Waals surface area contributed by atoms with E-state index in [1.165, 1.54) is 0 Å². The van der Waals surface area contributed by atoms with Crippen molar-refractivity contribution in [1.82, 2.24) is 0 Å². The molecule has 2 rings (SSSR count). The highest BCUT2D eigenvalue weighted by atomic mass is 19.1. The molecule has 1 fully saturated rings. The number of anilines is 1. The smallest absolute Gasteiger partial charge is 0.341 e. The number of ether oxygens (including phenoxy) is 1. The number of rotatable bonds is 3. The lowest BCUT2D eigenvalue weighted by Gasteiger charge is -2.24. The summed E-state index contributed by atoms with van der Waals surface area (Å²) < 4.78 is 31.1. The molecule has 1 aliphatic rings. The fourth-order valence-electron chi connectivity index (χ4n) is 1.65. The van der Waals surface area contributed by atoms with E-state index in [0.717, 1.165) is 25.3 Å². The Kier molecular flexibility index (Phi) is 3.26. The summed E-state index contributed by atoms with van der Waals surface area (Å²) in [4.78, 5) is 11.5. The third-order valence-corrected chi connectivity index (χ3v) is 2.98. The average Bonchev–Trinajstić information content (AvgIpc) is 2.21. The van der Waals surface area contributed by atoms with Crippen LogP contribution in [0, 0.1) is 17.6 Å². The Morgan fingerprint density at radius 2 is 2.06 bits per heavy atom. The zero-order chi connectivity index (χ0) is 12.4. The summed E-state index contributed by atoms with van der Waals surface area (Å²) in [7, 11) is 0. The van der Waals surface area contributed by atoms with Crippen LogP contribution in [0.25, 0.3) is 0 Å². The average molecular weight is 241 g/mol. The monoisotopic (exact) mass is 241 g/mol. The maximum absolute atomic E-state index is 13.3. The predicted molar refractivity (Wildman–Crippen MR) is 58.4 cm³/mol. The van der Waals surface area contributed by atoms with E-state index < -0.39 is 17.6 Å². The zero-order valence-corrected chi connectivity index (χ0v) is 9.21. The summed E-state index contributed by atoms with van der Waals surface area (Å²) in [6.07, 6.45) is 3.20. The Hall–Kier alpha value is -1.65. The number of nitrogen functional groups attached to an aromatic ring is 1. The van der Waals surface area contributed by atoms with E-state index >= 15 is 0 Å². The topological polar surface area (TPSA) is 52.3 Å². The third kappa shape index (κ3) is 2.54. The van der Waals surface area contributed by atoms with Gasteiger partial charge in [0.1, 0.15) is 11.6 Å². The molecule has 1 aromatic carbocycles. The standard InChI is InChI=1S/C12H13F2NO2/c13-9-5-10(14)11(15)4-8(9)12(16)17-6-7-2-1-3-7/h4-5,7H,1-3,6,15H2. The van der Waals surface area contributed by atoms with Gasteiger partial charge in [-0.3, -0.25) is 0 Å². The first-order valence-corrected chi connectivity index (χ1v) is 5.49. The van der Waals surface area contributed by atoms with Crippen LogP contribution >= 0.6 is 0 Å². The molecular weight excluding hydrogens is 228 g/mol. The van der Waals surface area contributed by atoms with Gasteiger partial charge in [0.25, 0.3) is 0 Å². The second-order valence-electron chi connectivity index (χ2n) is 4.25. The molecule has 0 amide bonds. The number of halogens is 2. The molecule has 0 heterocycles. The van der Waals surface area contributed by atoms with Gasteiger partial charge in [-0.25, -0.2) is 13.6 Å². The first kappa shape index (κ1) is 11.8. The number of benzene rings is 1. The molecule has 5 heteroatoms. The zero-order valence-electron chi connectivity index (χ0n) is 9.21. The Morgan fingerprint density at radius 3 is 2.65 bits per heavy atom. The summed E-state index contributed by atoms with van der Waals surface area (Å²) in [5.74, 6) is -2.24. The van der Waals surface area contributed by atoms with Gasteiger partial charge in [0.2, 0.25) is 0 Å². The van der Waals surface area contributed by atoms with Gasteiger partial charge in [0.05, 0.1) is 17.9 Å². The number of nitrogens with two attached hydrogens (primary N) is 1. The van der Waals surface area contributed by atoms with Crippen LogP contribution < -0.4 is 5.73 Å². The van der Waals surface area contributed by atoms with Crippen LogP contribution in [-0.2, 0) is 4.74 Å². The minimum atomic E-state index is -0.949. The van der Waals surface area contributed by atoms with Crippen LogP contribution in [-0.4, -0.2) is 12.6 Å². The molecule has 0 saturated heterocycles. The molecule has 17 heavy (non-hydrogen) atoms. The van der Waals surface area contributed by atoms with Crippen molar-refractivity contribution < 1.29 is 18.3 Å². The second-order valence-corrected chi connectivity index (χ2v) is 4.25. The van der Waals surface area contributed by atoms with E-state index in [0.29, 0.717) is 12.0 Å². The fraction of sp³-hybridized carbons (Fsp3) is 0.417. The summed E-state index contributed by atoms with van der Waals surface area (Å²) >= 11 is 0. The number of carbonyl (C=O) groups excluding carboxylic acids is 1. The SMILES string of the molecule is Nc1cc(C(=O)OCC2CCC2)c(F)cc1F. The molecule has 0 atom stereocenters. The highest BCUT2D eigenvalue weighted by Gasteiger charge is 2.21. The maximum Gasteiger partial charge on any atom is 0.341 e. The van der Waals surface area contributed by atoms with Gasteiger partial charge in [-0.2, -0.15) is 0 Å². The van der Waals surface area contributed by atoms with Crippen molar-refractivity contribution in [3.8, 4) is 0 Å². The molecule has 0 spiro atoms. The Bertz CT molecular complexity index is 444. The van der Waals surface area contributed by atoms with E-state index in [1.807, 2.05) is 0 Å². The molecule has 92 valence electrons. The minimum absolute atomic E-state index is 0.262. The van der Waals surface area contributed by atoms with Crippen LogP contribution in [0.3, 0.4) is 0 Å². The second kappa shape index (κ2) is 4.69. The van der Waals surface area contributed by atoms with Gasteiger partial charge in [0, 0.05) is 6.07 Å². The number of carbonyl (C=O) groups is 1. The normalized spacial score (nSPS) is 15.4. The summed E-state index contributed by atoms with van der Waals surface area (Å²) in [6.45, 7) is 0.287. The maximum atomic E-state index is 13.3. The van der Waals surface area contributed by atoms with Crippen molar-refractivity contribution in [3.05, 3.63) is 29.3 Å². The lowest BCUT2D eigenvalue weighted by atomic mass is 9.86. The van der Waals surface area contributed by atoms with Gasteiger partial charge in [0.15, 0.2) is 0 Å². The number of esters is 1. The highest BCUT2D eigenvalue weighted by Crippen LogP contribution is 2.27. The Morgan fingerprint density at radius 1 is 1.35 bits per heavy atom. The van der Waals surface area contributed by atoms with Crippen LogP contribution in [0.2, 0.25) is 0 Å². The van der Waals surface area contributed by atoms with E-state index in [-0.39, 0.29) is 17.9 Å². The predicted octanol–water partition coefficient (Wildman–Crippen LogP) is 2.50. The molecule has 2 N–H and O–H groups in total. The Balaban J connectivity index is 2.04. The lowest BCUT2D eigenvalue weighted by Crippen LogP contribution is -2.20. The summed E-state index contributed by atoms with van der Waals surface area (Å²) in [5, 5.41) is 0. The first-order chi connectivity index (χ1) is 8.08. The van der Waals surface area contributed by atoms with E-state index in [2.05, 4.69) is 0 Å². The van der Waals surface area contributed by atoms with Crippen molar-refractivity contribution in [3.63, 3.8) is 0 Å². The first-order valence-electron chi connectivity index (χ1n) is 5.49. The van der Waals surface area contributed by atoms with Crippen molar-refractivity contribution in [1.29, 1.82) is 0 Å².